The van der Waals surface area contributed by atoms with Gasteiger partial charge < -0.3 is 19.5 Å². The van der Waals surface area contributed by atoms with Gasteiger partial charge in [-0.2, -0.15) is 0 Å². The number of likely N-dealkylation sites (N-methyl/N-ethyl adjacent to an activating group) is 1. The monoisotopic (exact) mass is 420 g/mol. The van der Waals surface area contributed by atoms with Crippen molar-refractivity contribution in [2.75, 3.05) is 21.3 Å². The van der Waals surface area contributed by atoms with Crippen molar-refractivity contribution in [1.29, 1.82) is 0 Å². The summed E-state index contributed by atoms with van der Waals surface area (Å²) in [6.07, 6.45) is 3.46. The molecule has 2 aromatic carbocycles. The van der Waals surface area contributed by atoms with Gasteiger partial charge >= 0.3 is 0 Å². The van der Waals surface area contributed by atoms with Crippen molar-refractivity contribution < 1.29 is 19.0 Å². The van der Waals surface area contributed by atoms with Crippen molar-refractivity contribution in [3.05, 3.63) is 78.0 Å². The van der Waals surface area contributed by atoms with E-state index in [1.807, 2.05) is 50.2 Å². The van der Waals surface area contributed by atoms with Crippen molar-refractivity contribution >= 4 is 17.6 Å². The summed E-state index contributed by atoms with van der Waals surface area (Å²) in [5.41, 5.74) is 2.04. The molecule has 0 saturated heterocycles. The second-order valence-corrected chi connectivity index (χ2v) is 6.08. The van der Waals surface area contributed by atoms with E-state index >= 15 is 0 Å². The zero-order valence-corrected chi connectivity index (χ0v) is 18.5. The van der Waals surface area contributed by atoms with E-state index in [9.17, 15) is 4.79 Å². The number of hydrogen-bond donors (Lipinski definition) is 1. The molecule has 31 heavy (non-hydrogen) atoms. The molecule has 0 fully saturated rings. The Morgan fingerprint density at radius 3 is 2.06 bits per heavy atom. The molecule has 6 heteroatoms. The van der Waals surface area contributed by atoms with E-state index in [4.69, 9.17) is 14.2 Å². The van der Waals surface area contributed by atoms with Crippen LogP contribution in [0.25, 0.3) is 11.6 Å². The molecule has 162 valence electrons. The minimum atomic E-state index is -0.204. The summed E-state index contributed by atoms with van der Waals surface area (Å²) in [7, 11) is 4.77. The van der Waals surface area contributed by atoms with E-state index in [2.05, 4.69) is 10.3 Å². The highest BCUT2D eigenvalue weighted by molar-refractivity contribution is 6.24. The molecule has 1 N–H and O–H groups in total. The van der Waals surface area contributed by atoms with Crippen molar-refractivity contribution in [3.8, 4) is 23.1 Å². The molecule has 0 spiro atoms. The van der Waals surface area contributed by atoms with Gasteiger partial charge in [-0.25, -0.2) is 4.98 Å². The fraction of sp³-hybridized carbons (Fsp3) is 0.200. The lowest BCUT2D eigenvalue weighted by molar-refractivity contribution is -0.115. The third-order valence-corrected chi connectivity index (χ3v) is 4.18. The second-order valence-electron chi connectivity index (χ2n) is 6.08. The lowest BCUT2D eigenvalue weighted by atomic mass is 10.0. The predicted octanol–water partition coefficient (Wildman–Crippen LogP) is 5.20. The van der Waals surface area contributed by atoms with E-state index in [1.54, 1.807) is 57.8 Å². The molecule has 0 radical (unpaired) electrons. The number of methoxy groups -OCH3 is 2. The van der Waals surface area contributed by atoms with Crippen LogP contribution in [0, 0.1) is 0 Å². The summed E-state index contributed by atoms with van der Waals surface area (Å²) in [4.78, 5) is 16.7. The lowest BCUT2D eigenvalue weighted by Crippen LogP contribution is -2.19. The third-order valence-electron chi connectivity index (χ3n) is 4.18. The number of carbonyl (C=O) groups is 1. The van der Waals surface area contributed by atoms with Gasteiger partial charge in [0.25, 0.3) is 5.91 Å². The van der Waals surface area contributed by atoms with Crippen LogP contribution in [0.5, 0.6) is 23.1 Å². The molecule has 0 bridgehead atoms. The summed E-state index contributed by atoms with van der Waals surface area (Å²) in [6, 6.07) is 18.2. The number of amides is 1. The minimum Gasteiger partial charge on any atom is -0.497 e. The number of nitrogens with zero attached hydrogens (tertiary/aromatic N) is 1. The number of hydrogen-bond acceptors (Lipinski definition) is 5. The van der Waals surface area contributed by atoms with Gasteiger partial charge in [0.2, 0.25) is 5.88 Å². The molecular weight excluding hydrogens is 392 g/mol. The molecule has 0 aliphatic heterocycles. The fourth-order valence-electron chi connectivity index (χ4n) is 2.72. The number of aromatic nitrogens is 1. The van der Waals surface area contributed by atoms with Crippen LogP contribution in [0.2, 0.25) is 0 Å². The fourth-order valence-corrected chi connectivity index (χ4v) is 2.72. The number of carbonyl (C=O) groups excluding carboxylic acids is 1. The van der Waals surface area contributed by atoms with Crippen molar-refractivity contribution in [3.63, 3.8) is 0 Å². The Kier molecular flexibility index (Phi) is 9.11. The molecule has 1 heterocycles. The van der Waals surface area contributed by atoms with Crippen LogP contribution in [0.3, 0.4) is 0 Å². The lowest BCUT2D eigenvalue weighted by Gasteiger charge is -2.10. The zero-order chi connectivity index (χ0) is 22.6. The first kappa shape index (κ1) is 23.5. The van der Waals surface area contributed by atoms with Gasteiger partial charge in [-0.05, 0) is 47.5 Å². The zero-order valence-electron chi connectivity index (χ0n) is 18.5. The quantitative estimate of drug-likeness (QED) is 0.420. The average Bonchev–Trinajstić information content (AvgIpc) is 2.84. The van der Waals surface area contributed by atoms with Gasteiger partial charge in [0, 0.05) is 31.0 Å². The number of rotatable bonds is 7. The first-order chi connectivity index (χ1) is 15.1. The first-order valence-corrected chi connectivity index (χ1v) is 9.99. The second kappa shape index (κ2) is 12.0. The maximum absolute atomic E-state index is 12.5. The molecule has 0 atom stereocenters. The van der Waals surface area contributed by atoms with Crippen molar-refractivity contribution in [1.82, 2.24) is 10.3 Å². The van der Waals surface area contributed by atoms with Crippen molar-refractivity contribution in [2.24, 2.45) is 0 Å². The van der Waals surface area contributed by atoms with E-state index in [1.165, 1.54) is 0 Å². The maximum atomic E-state index is 12.5. The summed E-state index contributed by atoms with van der Waals surface area (Å²) in [5, 5.41) is 2.68. The Morgan fingerprint density at radius 1 is 0.903 bits per heavy atom. The van der Waals surface area contributed by atoms with Gasteiger partial charge in [-0.1, -0.05) is 32.0 Å². The molecule has 3 rings (SSSR count). The smallest absolute Gasteiger partial charge is 0.251 e. The average molecular weight is 421 g/mol. The number of nitrogens with one attached hydrogen (secondary N) is 1. The van der Waals surface area contributed by atoms with Crippen LogP contribution in [0.15, 0.2) is 66.9 Å². The normalized spacial score (nSPS) is 10.4. The van der Waals surface area contributed by atoms with Crippen LogP contribution in [-0.4, -0.2) is 32.2 Å². The molecule has 6 nitrogen and oxygen atoms in total. The Hall–Kier alpha value is -3.80. The van der Waals surface area contributed by atoms with Gasteiger partial charge in [-0.3, -0.25) is 4.79 Å². The van der Waals surface area contributed by atoms with Crippen LogP contribution >= 0.6 is 0 Å². The summed E-state index contributed by atoms with van der Waals surface area (Å²) < 4.78 is 16.3. The number of benzene rings is 2. The van der Waals surface area contributed by atoms with Gasteiger partial charge in [0.05, 0.1) is 14.2 Å². The molecule has 0 aliphatic carbocycles. The topological polar surface area (TPSA) is 69.7 Å². The minimum absolute atomic E-state index is 0.204. The Labute approximate surface area is 183 Å². The Balaban J connectivity index is 0.00000166. The first-order valence-electron chi connectivity index (χ1n) is 9.99. The van der Waals surface area contributed by atoms with E-state index in [0.29, 0.717) is 28.7 Å². The highest BCUT2D eigenvalue weighted by atomic mass is 16.5. The molecule has 0 unspecified atom stereocenters. The SMILES string of the molecule is CC.CNC(=O)/C(=C/c1cc(OC)cc(OC)c1)c1ccc(Oc2ccccn2)cc1. The van der Waals surface area contributed by atoms with E-state index in [-0.39, 0.29) is 5.91 Å². The largest absolute Gasteiger partial charge is 0.497 e. The standard InChI is InChI=1S/C23H22N2O4.C2H6/c1-24-23(26)21(14-16-12-19(27-2)15-20(13-16)28-3)17-7-9-18(10-8-17)29-22-6-4-5-11-25-22;1-2/h4-15H,1-3H3,(H,24,26);1-2H3/b21-14+;. The molecule has 3 aromatic rings. The predicted molar refractivity (Wildman–Crippen MR) is 124 cm³/mol. The van der Waals surface area contributed by atoms with Crippen LogP contribution in [-0.2, 0) is 4.79 Å². The summed E-state index contributed by atoms with van der Waals surface area (Å²) in [6.45, 7) is 4.00. The highest BCUT2D eigenvalue weighted by Crippen LogP contribution is 2.28. The van der Waals surface area contributed by atoms with Crippen LogP contribution in [0.1, 0.15) is 25.0 Å². The van der Waals surface area contributed by atoms with E-state index < -0.39 is 0 Å². The van der Waals surface area contributed by atoms with Gasteiger partial charge in [-0.15, -0.1) is 0 Å². The molecule has 1 amide bonds. The van der Waals surface area contributed by atoms with Crippen LogP contribution < -0.4 is 19.5 Å². The Morgan fingerprint density at radius 2 is 1.55 bits per heavy atom. The summed E-state index contributed by atoms with van der Waals surface area (Å²) in [5.74, 6) is 2.22. The van der Waals surface area contributed by atoms with Crippen LogP contribution in [0.4, 0.5) is 0 Å². The molecular formula is C25H28N2O4. The van der Waals surface area contributed by atoms with Gasteiger partial charge in [0.15, 0.2) is 0 Å². The highest BCUT2D eigenvalue weighted by Gasteiger charge is 2.12. The molecule has 1 aromatic heterocycles. The Bertz CT molecular complexity index is 978. The molecule has 0 saturated carbocycles. The number of ether oxygens (including phenoxy) is 3. The number of pyridine rings is 1. The summed E-state index contributed by atoms with van der Waals surface area (Å²) >= 11 is 0. The molecule has 0 aliphatic rings. The van der Waals surface area contributed by atoms with Crippen molar-refractivity contribution in [2.45, 2.75) is 13.8 Å². The van der Waals surface area contributed by atoms with Gasteiger partial charge in [0.1, 0.15) is 17.2 Å². The third kappa shape index (κ3) is 6.60. The maximum Gasteiger partial charge on any atom is 0.251 e. The van der Waals surface area contributed by atoms with E-state index in [0.717, 1.165) is 11.1 Å².